The van der Waals surface area contributed by atoms with Crippen LogP contribution < -0.4 is 0 Å². The maximum Gasteiger partial charge on any atom is 0.336 e. The van der Waals surface area contributed by atoms with Gasteiger partial charge < -0.3 is 5.11 Å². The maximum absolute atomic E-state index is 11.1. The van der Waals surface area contributed by atoms with Crippen LogP contribution in [-0.2, 0) is 0 Å². The van der Waals surface area contributed by atoms with Crippen molar-refractivity contribution in [3.8, 4) is 21.8 Å². The van der Waals surface area contributed by atoms with Gasteiger partial charge in [-0.05, 0) is 31.2 Å². The number of hydrogen-bond donors (Lipinski definition) is 1. The van der Waals surface area contributed by atoms with Crippen LogP contribution >= 0.6 is 11.3 Å². The summed E-state index contributed by atoms with van der Waals surface area (Å²) < 4.78 is 2.05. The van der Waals surface area contributed by atoms with Gasteiger partial charge in [-0.25, -0.2) is 9.78 Å². The van der Waals surface area contributed by atoms with Gasteiger partial charge in [0.05, 0.1) is 17.3 Å². The van der Waals surface area contributed by atoms with Crippen molar-refractivity contribution in [3.63, 3.8) is 0 Å². The molecule has 0 radical (unpaired) electrons. The van der Waals surface area contributed by atoms with Crippen LogP contribution in [0.3, 0.4) is 0 Å². The summed E-state index contributed by atoms with van der Waals surface area (Å²) in [5.41, 5.74) is 4.55. The molecule has 3 heterocycles. The first kappa shape index (κ1) is 14.7. The van der Waals surface area contributed by atoms with E-state index in [9.17, 15) is 4.79 Å². The Bertz CT molecular complexity index is 1060. The molecule has 0 bridgehead atoms. The molecule has 0 fully saturated rings. The van der Waals surface area contributed by atoms with E-state index in [0.717, 1.165) is 27.3 Å². The van der Waals surface area contributed by atoms with Crippen LogP contribution in [0.5, 0.6) is 0 Å². The van der Waals surface area contributed by atoms with Gasteiger partial charge in [-0.1, -0.05) is 23.8 Å². The van der Waals surface area contributed by atoms with E-state index in [2.05, 4.69) is 24.0 Å². The minimum absolute atomic E-state index is 0.319. The Balaban J connectivity index is 1.85. The van der Waals surface area contributed by atoms with Crippen LogP contribution in [-0.4, -0.2) is 20.5 Å². The second-order valence-electron chi connectivity index (χ2n) is 5.67. The van der Waals surface area contributed by atoms with Crippen molar-refractivity contribution in [1.82, 2.24) is 9.38 Å². The summed E-state index contributed by atoms with van der Waals surface area (Å²) in [6.45, 7) is 2.06. The monoisotopic (exact) mass is 334 g/mol. The third-order valence-electron chi connectivity index (χ3n) is 3.93. The molecule has 0 aliphatic carbocycles. The van der Waals surface area contributed by atoms with Gasteiger partial charge >= 0.3 is 5.97 Å². The molecule has 4 nitrogen and oxygen atoms in total. The Labute approximate surface area is 142 Å². The highest BCUT2D eigenvalue weighted by molar-refractivity contribution is 7.13. The Morgan fingerprint density at radius 3 is 2.79 bits per heavy atom. The lowest BCUT2D eigenvalue weighted by molar-refractivity contribution is 0.0697. The number of pyridine rings is 1. The fourth-order valence-corrected chi connectivity index (χ4v) is 3.61. The van der Waals surface area contributed by atoms with E-state index in [1.165, 1.54) is 16.9 Å². The van der Waals surface area contributed by atoms with E-state index in [1.807, 2.05) is 41.1 Å². The van der Waals surface area contributed by atoms with Gasteiger partial charge in [0, 0.05) is 27.6 Å². The first-order valence-corrected chi connectivity index (χ1v) is 8.36. The lowest BCUT2D eigenvalue weighted by atomic mass is 10.1. The quantitative estimate of drug-likeness (QED) is 0.589. The lowest BCUT2D eigenvalue weighted by Crippen LogP contribution is -1.92. The van der Waals surface area contributed by atoms with Crippen molar-refractivity contribution in [1.29, 1.82) is 0 Å². The van der Waals surface area contributed by atoms with Gasteiger partial charge in [0.1, 0.15) is 5.82 Å². The van der Waals surface area contributed by atoms with Crippen LogP contribution in [0.2, 0.25) is 0 Å². The molecule has 0 spiro atoms. The largest absolute Gasteiger partial charge is 0.478 e. The molecule has 4 rings (SSSR count). The molecule has 0 unspecified atom stereocenters. The summed E-state index contributed by atoms with van der Waals surface area (Å²) in [5.74, 6) is -0.0211. The van der Waals surface area contributed by atoms with Crippen LogP contribution in [0.25, 0.3) is 27.3 Å². The van der Waals surface area contributed by atoms with E-state index < -0.39 is 5.97 Å². The number of carboxylic acid groups (broad SMARTS) is 1. The molecule has 0 saturated carbocycles. The number of nitrogens with zero attached hydrogens (tertiary/aromatic N) is 2. The highest BCUT2D eigenvalue weighted by Gasteiger charge is 2.11. The first-order chi connectivity index (χ1) is 11.6. The van der Waals surface area contributed by atoms with Gasteiger partial charge in [0.15, 0.2) is 0 Å². The molecular formula is C19H14N2O2S. The van der Waals surface area contributed by atoms with E-state index in [-0.39, 0.29) is 0 Å². The minimum atomic E-state index is -0.901. The molecule has 0 amide bonds. The van der Waals surface area contributed by atoms with Crippen molar-refractivity contribution >= 4 is 22.8 Å². The number of carbonyl (C=O) groups is 1. The summed E-state index contributed by atoms with van der Waals surface area (Å²) in [6.07, 6.45) is 3.86. The second kappa shape index (κ2) is 5.62. The highest BCUT2D eigenvalue weighted by atomic mass is 32.1. The molecule has 3 aromatic heterocycles. The third kappa shape index (κ3) is 2.49. The molecule has 1 N–H and O–H groups in total. The number of carboxylic acids is 1. The van der Waals surface area contributed by atoms with Crippen molar-refractivity contribution in [2.75, 3.05) is 0 Å². The van der Waals surface area contributed by atoms with Crippen LogP contribution in [0, 0.1) is 6.92 Å². The maximum atomic E-state index is 11.1. The molecule has 24 heavy (non-hydrogen) atoms. The van der Waals surface area contributed by atoms with Gasteiger partial charge in [-0.2, -0.15) is 0 Å². The average molecular weight is 334 g/mol. The highest BCUT2D eigenvalue weighted by Crippen LogP contribution is 2.29. The van der Waals surface area contributed by atoms with Gasteiger partial charge in [-0.3, -0.25) is 4.40 Å². The summed E-state index contributed by atoms with van der Waals surface area (Å²) >= 11 is 1.43. The van der Waals surface area contributed by atoms with Crippen LogP contribution in [0.4, 0.5) is 0 Å². The van der Waals surface area contributed by atoms with E-state index >= 15 is 0 Å². The Morgan fingerprint density at radius 1 is 1.17 bits per heavy atom. The van der Waals surface area contributed by atoms with Crippen molar-refractivity contribution in [3.05, 3.63) is 71.4 Å². The van der Waals surface area contributed by atoms with E-state index in [4.69, 9.17) is 5.11 Å². The van der Waals surface area contributed by atoms with Crippen molar-refractivity contribution < 1.29 is 9.90 Å². The number of fused-ring (bicyclic) bond motifs is 1. The van der Waals surface area contributed by atoms with E-state index in [1.54, 1.807) is 11.4 Å². The standard InChI is InChI=1S/C19H14N2O2S/c1-12-3-2-4-13(7-12)18-20-9-16-6-5-14(10-21(16)18)17-8-15(11-24-17)19(22)23/h2-11H,1H3,(H,22,23). The van der Waals surface area contributed by atoms with Gasteiger partial charge in [0.25, 0.3) is 0 Å². The predicted octanol–water partition coefficient (Wildman–Crippen LogP) is 4.74. The molecule has 1 aromatic carbocycles. The Morgan fingerprint density at radius 2 is 2.04 bits per heavy atom. The fourth-order valence-electron chi connectivity index (χ4n) is 2.73. The summed E-state index contributed by atoms with van der Waals surface area (Å²) in [6, 6.07) is 13.9. The van der Waals surface area contributed by atoms with Crippen molar-refractivity contribution in [2.45, 2.75) is 6.92 Å². The molecule has 5 heteroatoms. The number of rotatable bonds is 3. The first-order valence-electron chi connectivity index (χ1n) is 7.48. The Hall–Kier alpha value is -2.92. The molecule has 4 aromatic rings. The molecule has 118 valence electrons. The smallest absolute Gasteiger partial charge is 0.336 e. The van der Waals surface area contributed by atoms with Gasteiger partial charge in [0.2, 0.25) is 0 Å². The molecule has 0 atom stereocenters. The fraction of sp³-hybridized carbons (Fsp3) is 0.0526. The zero-order chi connectivity index (χ0) is 16.7. The number of imidazole rings is 1. The SMILES string of the molecule is Cc1cccc(-c2ncc3ccc(-c4cc(C(=O)O)cs4)cn23)c1. The number of hydrogen-bond acceptors (Lipinski definition) is 3. The molecule has 0 aliphatic rings. The third-order valence-corrected chi connectivity index (χ3v) is 4.91. The van der Waals surface area contributed by atoms with Gasteiger partial charge in [-0.15, -0.1) is 11.3 Å². The van der Waals surface area contributed by atoms with E-state index in [0.29, 0.717) is 5.56 Å². The topological polar surface area (TPSA) is 54.6 Å². The minimum Gasteiger partial charge on any atom is -0.478 e. The number of thiophene rings is 1. The number of benzene rings is 1. The second-order valence-corrected chi connectivity index (χ2v) is 6.58. The molecule has 0 saturated heterocycles. The van der Waals surface area contributed by atoms with Crippen LogP contribution in [0.1, 0.15) is 15.9 Å². The normalized spacial score (nSPS) is 11.0. The van der Waals surface area contributed by atoms with Crippen molar-refractivity contribution in [2.24, 2.45) is 0 Å². The van der Waals surface area contributed by atoms with Crippen LogP contribution in [0.15, 0.2) is 60.2 Å². The molecule has 0 aliphatic heterocycles. The predicted molar refractivity (Wildman–Crippen MR) is 95.6 cm³/mol. The zero-order valence-corrected chi connectivity index (χ0v) is 13.7. The zero-order valence-electron chi connectivity index (χ0n) is 12.9. The summed E-state index contributed by atoms with van der Waals surface area (Å²) in [5, 5.41) is 10.8. The number of aromatic nitrogens is 2. The average Bonchev–Trinajstić information content (AvgIpc) is 3.21. The Kier molecular flexibility index (Phi) is 3.43. The number of aromatic carboxylic acids is 1. The summed E-state index contributed by atoms with van der Waals surface area (Å²) in [7, 11) is 0. The lowest BCUT2D eigenvalue weighted by Gasteiger charge is -2.05. The summed E-state index contributed by atoms with van der Waals surface area (Å²) in [4.78, 5) is 16.6. The molecular weight excluding hydrogens is 320 g/mol. The number of aryl methyl sites for hydroxylation is 1.